The Morgan fingerprint density at radius 1 is 0.808 bits per heavy atom. The molecule has 0 saturated heterocycles. The highest BCUT2D eigenvalue weighted by molar-refractivity contribution is 9.10. The van der Waals surface area contributed by atoms with Crippen LogP contribution >= 0.6 is 15.9 Å². The number of fused-ring (bicyclic) bond motifs is 1. The maximum atomic E-state index is 5.79. The third kappa shape index (κ3) is 2.79. The molecule has 0 N–H and O–H groups in total. The Morgan fingerprint density at radius 3 is 2.23 bits per heavy atom. The lowest BCUT2D eigenvalue weighted by Crippen LogP contribution is -1.96. The number of rotatable bonds is 3. The molecule has 1 aliphatic rings. The minimum Gasteiger partial charge on any atom is -0.496 e. The van der Waals surface area contributed by atoms with Gasteiger partial charge in [-0.15, -0.1) is 0 Å². The minimum atomic E-state index is 0.933. The molecule has 1 nitrogen and oxygen atoms in total. The van der Waals surface area contributed by atoms with Crippen molar-refractivity contribution in [2.45, 2.75) is 20.3 Å². The lowest BCUT2D eigenvalue weighted by atomic mass is 9.88. The van der Waals surface area contributed by atoms with Gasteiger partial charge in [-0.1, -0.05) is 69.5 Å². The van der Waals surface area contributed by atoms with Gasteiger partial charge in [0.15, 0.2) is 0 Å². The monoisotopic (exact) mass is 404 g/mol. The van der Waals surface area contributed by atoms with Crippen molar-refractivity contribution < 1.29 is 4.74 Å². The first-order chi connectivity index (χ1) is 12.6. The Labute approximate surface area is 163 Å². The predicted octanol–water partition coefficient (Wildman–Crippen LogP) is 7.26. The van der Waals surface area contributed by atoms with Crippen LogP contribution in [0.5, 0.6) is 5.75 Å². The summed E-state index contributed by atoms with van der Waals surface area (Å²) in [4.78, 5) is 0. The van der Waals surface area contributed by atoms with E-state index in [1.165, 1.54) is 44.2 Å². The fourth-order valence-electron chi connectivity index (χ4n) is 4.03. The first-order valence-electron chi connectivity index (χ1n) is 8.82. The molecule has 3 aromatic rings. The molecular formula is C24H21BrO. The molecule has 26 heavy (non-hydrogen) atoms. The van der Waals surface area contributed by atoms with Crippen molar-refractivity contribution in [2.75, 3.05) is 7.11 Å². The van der Waals surface area contributed by atoms with Gasteiger partial charge >= 0.3 is 0 Å². The molecule has 0 fully saturated rings. The molecule has 0 aliphatic heterocycles. The second-order valence-electron chi connectivity index (χ2n) is 6.86. The number of hydrogen-bond acceptors (Lipinski definition) is 1. The Morgan fingerprint density at radius 2 is 1.50 bits per heavy atom. The van der Waals surface area contributed by atoms with Gasteiger partial charge in [0.25, 0.3) is 0 Å². The van der Waals surface area contributed by atoms with Gasteiger partial charge < -0.3 is 4.74 Å². The van der Waals surface area contributed by atoms with Crippen molar-refractivity contribution >= 4 is 37.8 Å². The summed E-state index contributed by atoms with van der Waals surface area (Å²) >= 11 is 3.55. The van der Waals surface area contributed by atoms with Gasteiger partial charge in [0.05, 0.1) is 7.11 Å². The number of ether oxygens (including phenoxy) is 1. The van der Waals surface area contributed by atoms with E-state index >= 15 is 0 Å². The first-order valence-corrected chi connectivity index (χ1v) is 9.61. The van der Waals surface area contributed by atoms with E-state index in [-0.39, 0.29) is 0 Å². The molecule has 1 aliphatic carbocycles. The van der Waals surface area contributed by atoms with Crippen LogP contribution in [0.3, 0.4) is 0 Å². The summed E-state index contributed by atoms with van der Waals surface area (Å²) in [5, 5.41) is 2.48. The third-order valence-corrected chi connectivity index (χ3v) is 5.66. The summed E-state index contributed by atoms with van der Waals surface area (Å²) in [6.45, 7) is 4.48. The number of halogens is 1. The smallest absolute Gasteiger partial charge is 0.127 e. The quantitative estimate of drug-likeness (QED) is 0.446. The molecule has 0 radical (unpaired) electrons. The van der Waals surface area contributed by atoms with Gasteiger partial charge in [-0.2, -0.15) is 0 Å². The highest BCUT2D eigenvalue weighted by atomic mass is 79.9. The fraction of sp³-hybridized carbons (Fsp3) is 0.167. The third-order valence-electron chi connectivity index (χ3n) is 5.13. The normalized spacial score (nSPS) is 14.5. The average molecular weight is 405 g/mol. The summed E-state index contributed by atoms with van der Waals surface area (Å²) in [6, 6.07) is 21.4. The van der Waals surface area contributed by atoms with E-state index in [1.54, 1.807) is 7.11 Å². The van der Waals surface area contributed by atoms with E-state index in [4.69, 9.17) is 4.74 Å². The molecule has 0 atom stereocenters. The van der Waals surface area contributed by atoms with Crippen LogP contribution in [0, 0.1) is 0 Å². The first kappa shape index (κ1) is 17.1. The van der Waals surface area contributed by atoms with E-state index in [0.29, 0.717) is 0 Å². The maximum Gasteiger partial charge on any atom is 0.127 e. The van der Waals surface area contributed by atoms with E-state index in [0.717, 1.165) is 16.6 Å². The van der Waals surface area contributed by atoms with Crippen LogP contribution in [0.25, 0.3) is 21.9 Å². The van der Waals surface area contributed by atoms with Crippen molar-refractivity contribution in [3.8, 4) is 5.75 Å². The Kier molecular flexibility index (Phi) is 4.46. The molecule has 3 aromatic carbocycles. The fourth-order valence-corrected chi connectivity index (χ4v) is 4.29. The van der Waals surface area contributed by atoms with Crippen LogP contribution in [0.15, 0.2) is 76.3 Å². The number of hydrogen-bond donors (Lipinski definition) is 0. The molecule has 0 unspecified atom stereocenters. The molecule has 0 heterocycles. The standard InChI is InChI=1S/C24H21BrO/c1-15-14-16(2)23(22(15)18-8-11-19(25)12-9-18)24-20-7-5-4-6-17(20)10-13-21(24)26-3/h4-13H,14H2,1-3H3. The molecule has 2 heteroatoms. The number of methoxy groups -OCH3 is 1. The molecule has 130 valence electrons. The zero-order chi connectivity index (χ0) is 18.3. The van der Waals surface area contributed by atoms with Gasteiger partial charge in [-0.25, -0.2) is 0 Å². The van der Waals surface area contributed by atoms with Crippen molar-refractivity contribution in [3.05, 3.63) is 87.4 Å². The molecule has 0 saturated carbocycles. The predicted molar refractivity (Wildman–Crippen MR) is 114 cm³/mol. The van der Waals surface area contributed by atoms with Crippen molar-refractivity contribution in [3.63, 3.8) is 0 Å². The van der Waals surface area contributed by atoms with Crippen LogP contribution in [0.4, 0.5) is 0 Å². The van der Waals surface area contributed by atoms with Crippen LogP contribution in [0.1, 0.15) is 31.4 Å². The summed E-state index contributed by atoms with van der Waals surface area (Å²) in [5.41, 5.74) is 7.93. The van der Waals surface area contributed by atoms with Crippen LogP contribution in [-0.2, 0) is 0 Å². The van der Waals surface area contributed by atoms with E-state index in [2.05, 4.69) is 90.4 Å². The minimum absolute atomic E-state index is 0.933. The Balaban J connectivity index is 2.01. The topological polar surface area (TPSA) is 9.23 Å². The molecule has 0 amide bonds. The number of allylic oxidation sites excluding steroid dienone is 4. The lowest BCUT2D eigenvalue weighted by Gasteiger charge is -2.18. The zero-order valence-electron chi connectivity index (χ0n) is 15.3. The maximum absolute atomic E-state index is 5.79. The molecule has 0 aromatic heterocycles. The molecule has 0 bridgehead atoms. The highest BCUT2D eigenvalue weighted by Gasteiger charge is 2.26. The van der Waals surface area contributed by atoms with Crippen molar-refractivity contribution in [1.29, 1.82) is 0 Å². The SMILES string of the molecule is COc1ccc2ccccc2c1C1=C(C)CC(C)=C1c1ccc(Br)cc1. The second kappa shape index (κ2) is 6.77. The van der Waals surface area contributed by atoms with E-state index < -0.39 is 0 Å². The molecule has 0 spiro atoms. The average Bonchev–Trinajstić information content (AvgIpc) is 2.95. The highest BCUT2D eigenvalue weighted by Crippen LogP contribution is 2.48. The Bertz CT molecular complexity index is 1060. The van der Waals surface area contributed by atoms with E-state index in [1.807, 2.05) is 0 Å². The van der Waals surface area contributed by atoms with Gasteiger partial charge in [0.2, 0.25) is 0 Å². The summed E-state index contributed by atoms with van der Waals surface area (Å²) in [6.07, 6.45) is 1.01. The Hall–Kier alpha value is -2.32. The van der Waals surface area contributed by atoms with Crippen LogP contribution in [-0.4, -0.2) is 7.11 Å². The van der Waals surface area contributed by atoms with Crippen LogP contribution in [0.2, 0.25) is 0 Å². The molecular weight excluding hydrogens is 384 g/mol. The second-order valence-corrected chi connectivity index (χ2v) is 7.77. The van der Waals surface area contributed by atoms with Crippen molar-refractivity contribution in [2.24, 2.45) is 0 Å². The van der Waals surface area contributed by atoms with Crippen molar-refractivity contribution in [1.82, 2.24) is 0 Å². The van der Waals surface area contributed by atoms with Gasteiger partial charge in [-0.05, 0) is 65.9 Å². The zero-order valence-corrected chi connectivity index (χ0v) is 16.9. The number of benzene rings is 3. The summed E-state index contributed by atoms with van der Waals surface area (Å²) < 4.78 is 6.89. The molecule has 4 rings (SSSR count). The van der Waals surface area contributed by atoms with Gasteiger partial charge in [-0.3, -0.25) is 0 Å². The summed E-state index contributed by atoms with van der Waals surface area (Å²) in [5.74, 6) is 0.933. The van der Waals surface area contributed by atoms with Gasteiger partial charge in [0, 0.05) is 10.0 Å². The van der Waals surface area contributed by atoms with Gasteiger partial charge in [0.1, 0.15) is 5.75 Å². The van der Waals surface area contributed by atoms with Crippen LogP contribution < -0.4 is 4.74 Å². The largest absolute Gasteiger partial charge is 0.496 e. The van der Waals surface area contributed by atoms with E-state index in [9.17, 15) is 0 Å². The lowest BCUT2D eigenvalue weighted by molar-refractivity contribution is 0.414. The summed E-state index contributed by atoms with van der Waals surface area (Å²) in [7, 11) is 1.76.